The Hall–Kier alpha value is -0.860. The second-order valence-corrected chi connectivity index (χ2v) is 6.28. The number of likely N-dealkylation sites (tertiary alicyclic amines) is 1. The monoisotopic (exact) mass is 274 g/mol. The predicted molar refractivity (Wildman–Crippen MR) is 87.0 cm³/mol. The third-order valence-electron chi connectivity index (χ3n) is 4.32. The Morgan fingerprint density at radius 1 is 1.05 bits per heavy atom. The Labute approximate surface area is 124 Å². The molecule has 2 heteroatoms. The summed E-state index contributed by atoms with van der Waals surface area (Å²) in [4.78, 5) is 2.60. The molecule has 2 nitrogen and oxygen atoms in total. The van der Waals surface area contributed by atoms with Crippen molar-refractivity contribution in [2.75, 3.05) is 26.2 Å². The maximum Gasteiger partial charge on any atom is 0.0233 e. The van der Waals surface area contributed by atoms with Gasteiger partial charge in [0.1, 0.15) is 0 Å². The highest BCUT2D eigenvalue weighted by molar-refractivity contribution is 5.22. The van der Waals surface area contributed by atoms with Crippen LogP contribution >= 0.6 is 0 Å². The number of benzene rings is 1. The van der Waals surface area contributed by atoms with Crippen LogP contribution in [-0.4, -0.2) is 31.1 Å². The van der Waals surface area contributed by atoms with Crippen LogP contribution in [0.2, 0.25) is 0 Å². The van der Waals surface area contributed by atoms with Crippen molar-refractivity contribution in [3.8, 4) is 0 Å². The quantitative estimate of drug-likeness (QED) is 0.766. The van der Waals surface area contributed by atoms with Crippen LogP contribution in [0.3, 0.4) is 0 Å². The summed E-state index contributed by atoms with van der Waals surface area (Å²) in [6.45, 7) is 10.5. The van der Waals surface area contributed by atoms with Crippen LogP contribution in [0.1, 0.15) is 44.2 Å². The molecule has 1 aliphatic rings. The summed E-state index contributed by atoms with van der Waals surface area (Å²) in [7, 11) is 0. The zero-order valence-electron chi connectivity index (χ0n) is 13.2. The van der Waals surface area contributed by atoms with Gasteiger partial charge in [0, 0.05) is 6.54 Å². The normalized spacial score (nSPS) is 17.5. The summed E-state index contributed by atoms with van der Waals surface area (Å²) in [6.07, 6.45) is 5.08. The molecule has 1 heterocycles. The molecule has 0 unspecified atom stereocenters. The lowest BCUT2D eigenvalue weighted by Gasteiger charge is -2.30. The van der Waals surface area contributed by atoms with Gasteiger partial charge in [0.15, 0.2) is 0 Å². The van der Waals surface area contributed by atoms with E-state index < -0.39 is 0 Å². The first-order valence-electron chi connectivity index (χ1n) is 8.29. The largest absolute Gasteiger partial charge is 0.316 e. The Morgan fingerprint density at radius 3 is 2.35 bits per heavy atom. The summed E-state index contributed by atoms with van der Waals surface area (Å²) in [5, 5.41) is 3.46. The van der Waals surface area contributed by atoms with Gasteiger partial charge in [0.2, 0.25) is 0 Å². The fraction of sp³-hybridized carbons (Fsp3) is 0.667. The molecule has 0 radical (unpaired) electrons. The molecular weight excluding hydrogens is 244 g/mol. The highest BCUT2D eigenvalue weighted by Gasteiger charge is 2.15. The average Bonchev–Trinajstić information content (AvgIpc) is 2.48. The number of piperidine rings is 1. The fourth-order valence-corrected chi connectivity index (χ4v) is 2.82. The SMILES string of the molecule is CCCNCCc1ccc(CN2CCC(C)CC2)cc1. The summed E-state index contributed by atoms with van der Waals surface area (Å²) in [5.41, 5.74) is 2.91. The van der Waals surface area contributed by atoms with Gasteiger partial charge in [-0.05, 0) is 68.9 Å². The van der Waals surface area contributed by atoms with E-state index in [1.807, 2.05) is 0 Å². The van der Waals surface area contributed by atoms with Crippen molar-refractivity contribution in [3.63, 3.8) is 0 Å². The van der Waals surface area contributed by atoms with Crippen molar-refractivity contribution < 1.29 is 0 Å². The summed E-state index contributed by atoms with van der Waals surface area (Å²) in [6, 6.07) is 9.23. The molecule has 1 N–H and O–H groups in total. The highest BCUT2D eigenvalue weighted by Crippen LogP contribution is 2.18. The maximum atomic E-state index is 3.46. The zero-order chi connectivity index (χ0) is 14.2. The molecular formula is C18H30N2. The molecule has 2 rings (SSSR count). The van der Waals surface area contributed by atoms with Gasteiger partial charge in [-0.15, -0.1) is 0 Å². The molecule has 0 atom stereocenters. The van der Waals surface area contributed by atoms with Gasteiger partial charge in [-0.1, -0.05) is 38.1 Å². The molecule has 1 aromatic carbocycles. The molecule has 1 saturated heterocycles. The number of hydrogen-bond acceptors (Lipinski definition) is 2. The van der Waals surface area contributed by atoms with Gasteiger partial charge in [-0.2, -0.15) is 0 Å². The van der Waals surface area contributed by atoms with Crippen LogP contribution in [-0.2, 0) is 13.0 Å². The van der Waals surface area contributed by atoms with E-state index in [-0.39, 0.29) is 0 Å². The fourth-order valence-electron chi connectivity index (χ4n) is 2.82. The van der Waals surface area contributed by atoms with E-state index in [9.17, 15) is 0 Å². The molecule has 0 aromatic heterocycles. The van der Waals surface area contributed by atoms with Crippen LogP contribution in [0.15, 0.2) is 24.3 Å². The molecule has 0 spiro atoms. The number of hydrogen-bond donors (Lipinski definition) is 1. The Morgan fingerprint density at radius 2 is 1.70 bits per heavy atom. The molecule has 0 amide bonds. The smallest absolute Gasteiger partial charge is 0.0233 e. The molecule has 0 bridgehead atoms. The van der Waals surface area contributed by atoms with E-state index in [1.165, 1.54) is 43.5 Å². The molecule has 112 valence electrons. The van der Waals surface area contributed by atoms with Crippen LogP contribution in [0.4, 0.5) is 0 Å². The number of nitrogens with zero attached hydrogens (tertiary/aromatic N) is 1. The van der Waals surface area contributed by atoms with Gasteiger partial charge >= 0.3 is 0 Å². The van der Waals surface area contributed by atoms with Gasteiger partial charge < -0.3 is 5.32 Å². The lowest BCUT2D eigenvalue weighted by atomic mass is 9.98. The van der Waals surface area contributed by atoms with E-state index in [0.29, 0.717) is 0 Å². The van der Waals surface area contributed by atoms with Crippen LogP contribution < -0.4 is 5.32 Å². The predicted octanol–water partition coefficient (Wildman–Crippen LogP) is 3.46. The van der Waals surface area contributed by atoms with Gasteiger partial charge in [0.25, 0.3) is 0 Å². The Kier molecular flexibility index (Phi) is 6.55. The molecule has 1 fully saturated rings. The number of nitrogens with one attached hydrogen (secondary N) is 1. The molecule has 1 aromatic rings. The van der Waals surface area contributed by atoms with Crippen LogP contribution in [0, 0.1) is 5.92 Å². The molecule has 0 saturated carbocycles. The van der Waals surface area contributed by atoms with Crippen molar-refractivity contribution in [2.45, 2.75) is 46.1 Å². The van der Waals surface area contributed by atoms with Gasteiger partial charge in [-0.3, -0.25) is 4.90 Å². The molecule has 0 aliphatic carbocycles. The van der Waals surface area contributed by atoms with Crippen molar-refractivity contribution in [1.29, 1.82) is 0 Å². The number of rotatable bonds is 7. The maximum absolute atomic E-state index is 3.46. The van der Waals surface area contributed by atoms with E-state index in [1.54, 1.807) is 0 Å². The lowest BCUT2D eigenvalue weighted by Crippen LogP contribution is -2.32. The van der Waals surface area contributed by atoms with E-state index in [2.05, 4.69) is 48.3 Å². The average molecular weight is 274 g/mol. The second kappa shape index (κ2) is 8.43. The third kappa shape index (κ3) is 5.26. The van der Waals surface area contributed by atoms with Gasteiger partial charge in [-0.25, -0.2) is 0 Å². The summed E-state index contributed by atoms with van der Waals surface area (Å²) >= 11 is 0. The van der Waals surface area contributed by atoms with Gasteiger partial charge in [0.05, 0.1) is 0 Å². The van der Waals surface area contributed by atoms with E-state index in [0.717, 1.165) is 32.0 Å². The van der Waals surface area contributed by atoms with E-state index in [4.69, 9.17) is 0 Å². The van der Waals surface area contributed by atoms with Crippen molar-refractivity contribution in [3.05, 3.63) is 35.4 Å². The zero-order valence-corrected chi connectivity index (χ0v) is 13.2. The lowest BCUT2D eigenvalue weighted by molar-refractivity contribution is 0.185. The topological polar surface area (TPSA) is 15.3 Å². The van der Waals surface area contributed by atoms with Crippen molar-refractivity contribution in [1.82, 2.24) is 10.2 Å². The second-order valence-electron chi connectivity index (χ2n) is 6.28. The highest BCUT2D eigenvalue weighted by atomic mass is 15.1. The van der Waals surface area contributed by atoms with E-state index >= 15 is 0 Å². The first kappa shape index (κ1) is 15.5. The first-order chi connectivity index (χ1) is 9.78. The van der Waals surface area contributed by atoms with Crippen molar-refractivity contribution >= 4 is 0 Å². The minimum absolute atomic E-state index is 0.921. The summed E-state index contributed by atoms with van der Waals surface area (Å²) < 4.78 is 0. The van der Waals surface area contributed by atoms with Crippen LogP contribution in [0.25, 0.3) is 0 Å². The minimum atomic E-state index is 0.921. The molecule has 20 heavy (non-hydrogen) atoms. The third-order valence-corrected chi connectivity index (χ3v) is 4.32. The van der Waals surface area contributed by atoms with Crippen LogP contribution in [0.5, 0.6) is 0 Å². The van der Waals surface area contributed by atoms with Crippen molar-refractivity contribution in [2.24, 2.45) is 5.92 Å². The first-order valence-corrected chi connectivity index (χ1v) is 8.29. The minimum Gasteiger partial charge on any atom is -0.316 e. The standard InChI is InChI=1S/C18H30N2/c1-3-11-19-12-8-17-4-6-18(7-5-17)15-20-13-9-16(2)10-14-20/h4-7,16,19H,3,8-15H2,1-2H3. The Bertz CT molecular complexity index is 364. The summed E-state index contributed by atoms with van der Waals surface area (Å²) in [5.74, 6) is 0.921. The Balaban J connectivity index is 1.73. The molecule has 1 aliphatic heterocycles.